The van der Waals surface area contributed by atoms with E-state index in [1.165, 1.54) is 42.1 Å². The van der Waals surface area contributed by atoms with Crippen LogP contribution in [0.1, 0.15) is 32.5 Å². The molecule has 3 amide bonds. The van der Waals surface area contributed by atoms with Crippen molar-refractivity contribution in [1.29, 1.82) is 0 Å². The lowest BCUT2D eigenvalue weighted by atomic mass is 10.1. The summed E-state index contributed by atoms with van der Waals surface area (Å²) in [6, 6.07) is 41.8. The maximum atomic E-state index is 13.6. The van der Waals surface area contributed by atoms with Gasteiger partial charge in [-0.25, -0.2) is 0 Å². The number of anilines is 2. The number of carbonyl (C=O) groups is 3. The number of aryl methyl sites for hydroxylation is 1. The highest BCUT2D eigenvalue weighted by atomic mass is 32.2. The molecule has 0 bridgehead atoms. The predicted octanol–water partition coefficient (Wildman–Crippen LogP) is 9.04. The van der Waals surface area contributed by atoms with Gasteiger partial charge in [-0.2, -0.15) is 0 Å². The molecule has 0 saturated carbocycles. The van der Waals surface area contributed by atoms with Gasteiger partial charge in [0.25, 0.3) is 17.5 Å². The zero-order valence-corrected chi connectivity index (χ0v) is 28.6. The van der Waals surface area contributed by atoms with Gasteiger partial charge in [-0.3, -0.25) is 24.5 Å². The smallest absolute Gasteiger partial charge is 0.272 e. The second-order valence-corrected chi connectivity index (χ2v) is 12.8. The van der Waals surface area contributed by atoms with E-state index >= 15 is 0 Å². The summed E-state index contributed by atoms with van der Waals surface area (Å²) in [5.41, 5.74) is 3.92. The number of nitrogens with one attached hydrogen (secondary N) is 3. The van der Waals surface area contributed by atoms with Gasteiger partial charge in [0.05, 0.1) is 4.92 Å². The van der Waals surface area contributed by atoms with Gasteiger partial charge in [0.2, 0.25) is 5.91 Å². The molecular weight excluding hydrogens is 677 g/mol. The van der Waals surface area contributed by atoms with Crippen molar-refractivity contribution in [3.8, 4) is 11.3 Å². The quantitative estimate of drug-likeness (QED) is 0.0498. The Kier molecular flexibility index (Phi) is 11.0. The van der Waals surface area contributed by atoms with Crippen LogP contribution in [0.2, 0.25) is 0 Å². The second-order valence-electron chi connectivity index (χ2n) is 11.6. The predicted molar refractivity (Wildman–Crippen MR) is 203 cm³/mol. The molecule has 0 radical (unpaired) electrons. The van der Waals surface area contributed by atoms with Gasteiger partial charge in [-0.05, 0) is 73.2 Å². The Hall–Kier alpha value is -6.72. The SMILES string of the molecule is Cc1ccc(-c2ccc(/C=C(\NC(=O)c3ccccc3)C(=O)Nc3ccc(S[C@@H](C(=O)Nc4ccc([N+](=O)[O-])cc4)c4ccccc4)cc3)o2)cc1. The van der Waals surface area contributed by atoms with Crippen LogP contribution in [-0.4, -0.2) is 22.6 Å². The molecular formula is C41H32N4O6S. The Morgan fingerprint density at radius 3 is 2.00 bits per heavy atom. The summed E-state index contributed by atoms with van der Waals surface area (Å²) in [6.07, 6.45) is 1.48. The number of nitrogens with zero attached hydrogens (tertiary/aromatic N) is 1. The maximum absolute atomic E-state index is 13.6. The van der Waals surface area contributed by atoms with Crippen LogP contribution >= 0.6 is 11.8 Å². The number of hydrogen-bond acceptors (Lipinski definition) is 7. The van der Waals surface area contributed by atoms with E-state index in [0.717, 1.165) is 21.6 Å². The largest absolute Gasteiger partial charge is 0.457 e. The Morgan fingerprint density at radius 1 is 0.731 bits per heavy atom. The minimum Gasteiger partial charge on any atom is -0.457 e. The van der Waals surface area contributed by atoms with Crippen molar-refractivity contribution in [2.24, 2.45) is 0 Å². The van der Waals surface area contributed by atoms with E-state index in [4.69, 9.17) is 4.42 Å². The number of nitro benzene ring substituents is 1. The molecule has 0 fully saturated rings. The summed E-state index contributed by atoms with van der Waals surface area (Å²) in [5, 5.41) is 18.8. The molecule has 3 N–H and O–H groups in total. The normalized spacial score (nSPS) is 11.7. The standard InChI is InChI=1S/C41H32N4O6S/c1-27-12-14-28(15-13-27)37-25-22-34(51-37)26-36(44-39(46)30-10-6-3-7-11-30)40(47)42-32-18-23-35(24-19-32)52-38(29-8-4-2-5-9-29)41(48)43-31-16-20-33(21-17-31)45(49)50/h2-26,38H,1H3,(H,42,47)(H,43,48)(H,44,46)/b36-26-/t38-/m1/s1. The number of nitro groups is 1. The molecule has 0 spiro atoms. The van der Waals surface area contributed by atoms with Gasteiger partial charge in [0.1, 0.15) is 22.5 Å². The lowest BCUT2D eigenvalue weighted by Crippen LogP contribution is -2.30. The van der Waals surface area contributed by atoms with Crippen LogP contribution in [0.3, 0.4) is 0 Å². The van der Waals surface area contributed by atoms with Gasteiger partial charge in [-0.15, -0.1) is 11.8 Å². The average Bonchev–Trinajstić information content (AvgIpc) is 3.64. The number of carbonyl (C=O) groups excluding carboxylic acids is 3. The van der Waals surface area contributed by atoms with Gasteiger partial charge < -0.3 is 20.4 Å². The third-order valence-corrected chi connectivity index (χ3v) is 9.10. The van der Waals surface area contributed by atoms with E-state index < -0.39 is 22.0 Å². The average molecular weight is 709 g/mol. The summed E-state index contributed by atoms with van der Waals surface area (Å²) in [5.74, 6) is -0.348. The molecule has 6 rings (SSSR count). The minimum atomic E-state index is -0.655. The van der Waals surface area contributed by atoms with Gasteiger partial charge >= 0.3 is 0 Å². The summed E-state index contributed by atoms with van der Waals surface area (Å²) in [4.78, 5) is 51.5. The van der Waals surface area contributed by atoms with Crippen molar-refractivity contribution in [3.05, 3.63) is 184 Å². The summed E-state index contributed by atoms with van der Waals surface area (Å²) >= 11 is 1.31. The van der Waals surface area contributed by atoms with Crippen LogP contribution in [0.15, 0.2) is 161 Å². The minimum absolute atomic E-state index is 0.0239. The first-order valence-corrected chi connectivity index (χ1v) is 17.0. The van der Waals surface area contributed by atoms with E-state index in [1.807, 2.05) is 61.5 Å². The van der Waals surface area contributed by atoms with Gasteiger partial charge in [0, 0.05) is 45.6 Å². The van der Waals surface area contributed by atoms with Crippen molar-refractivity contribution in [2.75, 3.05) is 10.6 Å². The zero-order chi connectivity index (χ0) is 36.5. The van der Waals surface area contributed by atoms with Crippen LogP contribution < -0.4 is 16.0 Å². The van der Waals surface area contributed by atoms with Crippen molar-refractivity contribution >= 4 is 52.6 Å². The van der Waals surface area contributed by atoms with E-state index in [-0.39, 0.29) is 17.3 Å². The Balaban J connectivity index is 1.19. The molecule has 5 aromatic carbocycles. The molecule has 52 heavy (non-hydrogen) atoms. The molecule has 0 unspecified atom stereocenters. The molecule has 1 aromatic heterocycles. The molecule has 6 aromatic rings. The fraction of sp³-hybridized carbons (Fsp3) is 0.0488. The van der Waals surface area contributed by atoms with Crippen molar-refractivity contribution in [2.45, 2.75) is 17.1 Å². The van der Waals surface area contributed by atoms with Crippen molar-refractivity contribution in [1.82, 2.24) is 5.32 Å². The molecule has 11 heteroatoms. The van der Waals surface area contributed by atoms with E-state index in [1.54, 1.807) is 66.7 Å². The highest BCUT2D eigenvalue weighted by molar-refractivity contribution is 8.00. The van der Waals surface area contributed by atoms with Crippen LogP contribution in [-0.2, 0) is 9.59 Å². The summed E-state index contributed by atoms with van der Waals surface area (Å²) in [6.45, 7) is 2.00. The van der Waals surface area contributed by atoms with Crippen LogP contribution in [0.5, 0.6) is 0 Å². The molecule has 1 heterocycles. The van der Waals surface area contributed by atoms with Crippen LogP contribution in [0, 0.1) is 17.0 Å². The summed E-state index contributed by atoms with van der Waals surface area (Å²) < 4.78 is 6.02. The highest BCUT2D eigenvalue weighted by Crippen LogP contribution is 2.37. The topological polar surface area (TPSA) is 144 Å². The molecule has 0 saturated heterocycles. The Bertz CT molecular complexity index is 2220. The lowest BCUT2D eigenvalue weighted by Gasteiger charge is -2.17. The first-order valence-electron chi connectivity index (χ1n) is 16.2. The van der Waals surface area contributed by atoms with Crippen LogP contribution in [0.25, 0.3) is 17.4 Å². The summed E-state index contributed by atoms with van der Waals surface area (Å²) in [7, 11) is 0. The third kappa shape index (κ3) is 9.09. The molecule has 258 valence electrons. The highest BCUT2D eigenvalue weighted by Gasteiger charge is 2.23. The number of non-ortho nitro benzene ring substituents is 1. The number of benzene rings is 5. The first-order chi connectivity index (χ1) is 25.2. The fourth-order valence-electron chi connectivity index (χ4n) is 5.11. The number of amides is 3. The Labute approximate surface area is 303 Å². The zero-order valence-electron chi connectivity index (χ0n) is 27.8. The van der Waals surface area contributed by atoms with E-state index in [9.17, 15) is 24.5 Å². The molecule has 0 aliphatic carbocycles. The van der Waals surface area contributed by atoms with Crippen LogP contribution in [0.4, 0.5) is 17.1 Å². The molecule has 0 aliphatic rings. The fourth-order valence-corrected chi connectivity index (χ4v) is 6.14. The maximum Gasteiger partial charge on any atom is 0.272 e. The number of furan rings is 1. The second kappa shape index (κ2) is 16.3. The number of rotatable bonds is 12. The first kappa shape index (κ1) is 35.1. The Morgan fingerprint density at radius 2 is 1.35 bits per heavy atom. The number of thioether (sulfide) groups is 1. The van der Waals surface area contributed by atoms with Crippen molar-refractivity contribution in [3.63, 3.8) is 0 Å². The van der Waals surface area contributed by atoms with Crippen molar-refractivity contribution < 1.29 is 23.7 Å². The number of hydrogen-bond donors (Lipinski definition) is 3. The molecule has 0 aliphatic heterocycles. The van der Waals surface area contributed by atoms with Gasteiger partial charge in [-0.1, -0.05) is 78.4 Å². The molecule has 1 atom stereocenters. The third-order valence-electron chi connectivity index (χ3n) is 7.83. The van der Waals surface area contributed by atoms with E-state index in [0.29, 0.717) is 28.5 Å². The van der Waals surface area contributed by atoms with Gasteiger partial charge in [0.15, 0.2) is 0 Å². The monoisotopic (exact) mass is 708 g/mol. The lowest BCUT2D eigenvalue weighted by molar-refractivity contribution is -0.384. The van der Waals surface area contributed by atoms with E-state index in [2.05, 4.69) is 16.0 Å². The molecule has 10 nitrogen and oxygen atoms in total.